The van der Waals surface area contributed by atoms with Gasteiger partial charge in [-0.3, -0.25) is 0 Å². The van der Waals surface area contributed by atoms with Crippen molar-refractivity contribution < 1.29 is 0 Å². The second-order valence-electron chi connectivity index (χ2n) is 4.96. The normalized spacial score (nSPS) is 10.2. The van der Waals surface area contributed by atoms with Crippen LogP contribution in [-0.2, 0) is 6.42 Å². The maximum atomic E-state index is 3.46. The summed E-state index contributed by atoms with van der Waals surface area (Å²) in [7, 11) is 4.12. The van der Waals surface area contributed by atoms with Crippen molar-refractivity contribution in [3.63, 3.8) is 0 Å². The number of nitrogens with one attached hydrogen (secondary N) is 1. The Morgan fingerprint density at radius 2 is 1.58 bits per heavy atom. The van der Waals surface area contributed by atoms with Crippen LogP contribution in [0.2, 0.25) is 0 Å². The van der Waals surface area contributed by atoms with E-state index in [1.165, 1.54) is 16.9 Å². The molecule has 0 radical (unpaired) electrons. The third-order valence-corrected chi connectivity index (χ3v) is 3.20. The Kier molecular flexibility index (Phi) is 4.85. The van der Waals surface area contributed by atoms with E-state index in [1.807, 2.05) is 0 Å². The Morgan fingerprint density at radius 3 is 2.21 bits per heavy atom. The fraction of sp³-hybridized carbons (Fsp3) is 0.294. The molecule has 0 aromatic heterocycles. The number of hydrogen-bond acceptors (Lipinski definition) is 2. The van der Waals surface area contributed by atoms with Crippen LogP contribution in [0.15, 0.2) is 54.6 Å². The molecule has 0 bridgehead atoms. The molecular formula is C17H22N2. The van der Waals surface area contributed by atoms with Crippen molar-refractivity contribution in [2.45, 2.75) is 12.8 Å². The van der Waals surface area contributed by atoms with E-state index in [0.717, 1.165) is 19.4 Å². The first-order chi connectivity index (χ1) is 9.25. The molecule has 2 heteroatoms. The molecule has 100 valence electrons. The van der Waals surface area contributed by atoms with Crippen molar-refractivity contribution in [2.75, 3.05) is 30.9 Å². The summed E-state index contributed by atoms with van der Waals surface area (Å²) in [5, 5.41) is 3.46. The zero-order valence-electron chi connectivity index (χ0n) is 11.8. The average Bonchev–Trinajstić information content (AvgIpc) is 2.45. The van der Waals surface area contributed by atoms with Crippen molar-refractivity contribution in [1.29, 1.82) is 0 Å². The van der Waals surface area contributed by atoms with Crippen LogP contribution in [0.3, 0.4) is 0 Å². The van der Waals surface area contributed by atoms with E-state index in [1.54, 1.807) is 0 Å². The van der Waals surface area contributed by atoms with Gasteiger partial charge in [0.05, 0.1) is 0 Å². The Labute approximate surface area is 116 Å². The molecule has 0 spiro atoms. The number of aryl methyl sites for hydroxylation is 1. The first kappa shape index (κ1) is 13.5. The average molecular weight is 254 g/mol. The highest BCUT2D eigenvalue weighted by Crippen LogP contribution is 2.15. The van der Waals surface area contributed by atoms with Crippen molar-refractivity contribution in [3.05, 3.63) is 60.2 Å². The monoisotopic (exact) mass is 254 g/mol. The fourth-order valence-corrected chi connectivity index (χ4v) is 2.05. The van der Waals surface area contributed by atoms with Gasteiger partial charge in [0.15, 0.2) is 0 Å². The van der Waals surface area contributed by atoms with E-state index in [-0.39, 0.29) is 0 Å². The van der Waals surface area contributed by atoms with Crippen LogP contribution in [0.5, 0.6) is 0 Å². The topological polar surface area (TPSA) is 15.3 Å². The van der Waals surface area contributed by atoms with Crippen molar-refractivity contribution in [2.24, 2.45) is 0 Å². The van der Waals surface area contributed by atoms with Gasteiger partial charge in [0, 0.05) is 32.0 Å². The molecule has 2 aromatic carbocycles. The summed E-state index contributed by atoms with van der Waals surface area (Å²) < 4.78 is 0. The lowest BCUT2D eigenvalue weighted by atomic mass is 10.1. The highest BCUT2D eigenvalue weighted by atomic mass is 15.1. The van der Waals surface area contributed by atoms with Gasteiger partial charge in [-0.2, -0.15) is 0 Å². The SMILES string of the molecule is CN(C)c1ccc(NCCCc2ccccc2)cc1. The summed E-state index contributed by atoms with van der Waals surface area (Å²) >= 11 is 0. The van der Waals surface area contributed by atoms with Crippen LogP contribution in [-0.4, -0.2) is 20.6 Å². The first-order valence-electron chi connectivity index (χ1n) is 6.81. The minimum atomic E-state index is 1.01. The molecule has 2 aromatic rings. The predicted molar refractivity (Wildman–Crippen MR) is 84.0 cm³/mol. The van der Waals surface area contributed by atoms with E-state index in [9.17, 15) is 0 Å². The predicted octanol–water partition coefficient (Wildman–Crippen LogP) is 3.80. The lowest BCUT2D eigenvalue weighted by Gasteiger charge is -2.13. The molecule has 1 N–H and O–H groups in total. The van der Waals surface area contributed by atoms with Gasteiger partial charge in [0.25, 0.3) is 0 Å². The minimum Gasteiger partial charge on any atom is -0.385 e. The van der Waals surface area contributed by atoms with Gasteiger partial charge in [-0.15, -0.1) is 0 Å². The first-order valence-corrected chi connectivity index (χ1v) is 6.81. The molecule has 0 heterocycles. The molecule has 0 atom stereocenters. The number of nitrogens with zero attached hydrogens (tertiary/aromatic N) is 1. The number of rotatable bonds is 6. The van der Waals surface area contributed by atoms with Crippen LogP contribution in [0.4, 0.5) is 11.4 Å². The Morgan fingerprint density at radius 1 is 0.895 bits per heavy atom. The van der Waals surface area contributed by atoms with E-state index in [0.29, 0.717) is 0 Å². The molecule has 0 aliphatic heterocycles. The van der Waals surface area contributed by atoms with Crippen LogP contribution >= 0.6 is 0 Å². The Hall–Kier alpha value is -1.96. The van der Waals surface area contributed by atoms with Gasteiger partial charge in [0.1, 0.15) is 0 Å². The third kappa shape index (κ3) is 4.32. The number of anilines is 2. The summed E-state index contributed by atoms with van der Waals surface area (Å²) in [5.41, 5.74) is 3.83. The molecule has 0 aliphatic rings. The second kappa shape index (κ2) is 6.83. The van der Waals surface area contributed by atoms with E-state index >= 15 is 0 Å². The molecular weight excluding hydrogens is 232 g/mol. The largest absolute Gasteiger partial charge is 0.385 e. The third-order valence-electron chi connectivity index (χ3n) is 3.20. The lowest BCUT2D eigenvalue weighted by molar-refractivity contribution is 0.863. The van der Waals surface area contributed by atoms with Gasteiger partial charge in [-0.05, 0) is 42.7 Å². The summed E-state index contributed by atoms with van der Waals surface area (Å²) in [6.07, 6.45) is 2.28. The van der Waals surface area contributed by atoms with Gasteiger partial charge in [0.2, 0.25) is 0 Å². The highest BCUT2D eigenvalue weighted by Gasteiger charge is 1.96. The standard InChI is InChI=1S/C17H22N2/c1-19(2)17-12-10-16(11-13-17)18-14-6-9-15-7-4-3-5-8-15/h3-5,7-8,10-13,18H,6,9,14H2,1-2H3. The number of hydrogen-bond donors (Lipinski definition) is 1. The molecule has 0 fully saturated rings. The molecule has 0 unspecified atom stereocenters. The van der Waals surface area contributed by atoms with Crippen LogP contribution in [0.25, 0.3) is 0 Å². The second-order valence-corrected chi connectivity index (χ2v) is 4.96. The van der Waals surface area contributed by atoms with E-state index in [4.69, 9.17) is 0 Å². The van der Waals surface area contributed by atoms with Crippen molar-refractivity contribution in [3.8, 4) is 0 Å². The van der Waals surface area contributed by atoms with Gasteiger partial charge in [-0.1, -0.05) is 30.3 Å². The van der Waals surface area contributed by atoms with Gasteiger partial charge in [-0.25, -0.2) is 0 Å². The molecule has 0 aliphatic carbocycles. The maximum Gasteiger partial charge on any atom is 0.0362 e. The Bertz CT molecular complexity index is 474. The zero-order valence-corrected chi connectivity index (χ0v) is 11.8. The van der Waals surface area contributed by atoms with Crippen LogP contribution in [0, 0.1) is 0 Å². The maximum absolute atomic E-state index is 3.46. The molecule has 19 heavy (non-hydrogen) atoms. The fourth-order valence-electron chi connectivity index (χ4n) is 2.05. The van der Waals surface area contributed by atoms with Crippen LogP contribution < -0.4 is 10.2 Å². The van der Waals surface area contributed by atoms with Crippen LogP contribution in [0.1, 0.15) is 12.0 Å². The molecule has 0 saturated carbocycles. The molecule has 0 amide bonds. The Balaban J connectivity index is 1.74. The smallest absolute Gasteiger partial charge is 0.0362 e. The molecule has 2 nitrogen and oxygen atoms in total. The lowest BCUT2D eigenvalue weighted by Crippen LogP contribution is -2.08. The van der Waals surface area contributed by atoms with Crippen molar-refractivity contribution in [1.82, 2.24) is 0 Å². The van der Waals surface area contributed by atoms with E-state index < -0.39 is 0 Å². The van der Waals surface area contributed by atoms with Gasteiger partial charge < -0.3 is 10.2 Å². The summed E-state index contributed by atoms with van der Waals surface area (Å²) in [5.74, 6) is 0. The summed E-state index contributed by atoms with van der Waals surface area (Å²) in [6.45, 7) is 1.01. The highest BCUT2D eigenvalue weighted by molar-refractivity contribution is 5.54. The molecule has 0 saturated heterocycles. The quantitative estimate of drug-likeness (QED) is 0.789. The zero-order chi connectivity index (χ0) is 13.5. The summed E-state index contributed by atoms with van der Waals surface area (Å²) in [6, 6.07) is 19.2. The minimum absolute atomic E-state index is 1.01. The molecule has 2 rings (SSSR count). The summed E-state index contributed by atoms with van der Waals surface area (Å²) in [4.78, 5) is 2.11. The van der Waals surface area contributed by atoms with Gasteiger partial charge >= 0.3 is 0 Å². The number of benzene rings is 2. The van der Waals surface area contributed by atoms with Crippen molar-refractivity contribution >= 4 is 11.4 Å². The van der Waals surface area contributed by atoms with E-state index in [2.05, 4.69) is 78.9 Å².